The van der Waals surface area contributed by atoms with E-state index in [1.807, 2.05) is 37.3 Å². The molecule has 0 saturated heterocycles. The van der Waals surface area contributed by atoms with Crippen LogP contribution in [0, 0.1) is 6.92 Å². The van der Waals surface area contributed by atoms with Gasteiger partial charge in [-0.15, -0.1) is 0 Å². The molecule has 19 heavy (non-hydrogen) atoms. The van der Waals surface area contributed by atoms with Gasteiger partial charge >= 0.3 is 0 Å². The number of rotatable bonds is 4. The Morgan fingerprint density at radius 1 is 1.26 bits per heavy atom. The molecule has 4 nitrogen and oxygen atoms in total. The SMILES string of the molecule is Cc1cncc(NC(=O)Cc2ccccc2CN)c1. The summed E-state index contributed by atoms with van der Waals surface area (Å²) in [5, 5.41) is 2.84. The molecule has 0 atom stereocenters. The Labute approximate surface area is 112 Å². The number of benzene rings is 1. The normalized spacial score (nSPS) is 10.2. The lowest BCUT2D eigenvalue weighted by Gasteiger charge is -2.08. The summed E-state index contributed by atoms with van der Waals surface area (Å²) >= 11 is 0. The van der Waals surface area contributed by atoms with Crippen LogP contribution in [0.5, 0.6) is 0 Å². The highest BCUT2D eigenvalue weighted by molar-refractivity contribution is 5.92. The molecule has 98 valence electrons. The molecule has 0 fully saturated rings. The number of carbonyl (C=O) groups excluding carboxylic acids is 1. The largest absolute Gasteiger partial charge is 0.326 e. The van der Waals surface area contributed by atoms with Crippen molar-refractivity contribution in [1.29, 1.82) is 0 Å². The molecule has 3 N–H and O–H groups in total. The lowest BCUT2D eigenvalue weighted by atomic mass is 10.0. The summed E-state index contributed by atoms with van der Waals surface area (Å²) in [5.74, 6) is -0.0618. The molecular formula is C15H17N3O. The molecule has 1 aromatic carbocycles. The van der Waals surface area contributed by atoms with Crippen molar-refractivity contribution in [2.75, 3.05) is 5.32 Å². The van der Waals surface area contributed by atoms with E-state index in [0.717, 1.165) is 22.4 Å². The van der Waals surface area contributed by atoms with Crippen molar-refractivity contribution in [1.82, 2.24) is 4.98 Å². The van der Waals surface area contributed by atoms with Gasteiger partial charge in [0.15, 0.2) is 0 Å². The highest BCUT2D eigenvalue weighted by atomic mass is 16.1. The van der Waals surface area contributed by atoms with Crippen molar-refractivity contribution in [2.24, 2.45) is 5.73 Å². The second kappa shape index (κ2) is 6.11. The van der Waals surface area contributed by atoms with Crippen LogP contribution in [0.4, 0.5) is 5.69 Å². The maximum absolute atomic E-state index is 12.0. The molecule has 2 rings (SSSR count). The number of hydrogen-bond acceptors (Lipinski definition) is 3. The second-order valence-electron chi connectivity index (χ2n) is 4.45. The zero-order valence-electron chi connectivity index (χ0n) is 10.9. The zero-order chi connectivity index (χ0) is 13.7. The van der Waals surface area contributed by atoms with Crippen LogP contribution in [-0.2, 0) is 17.8 Å². The van der Waals surface area contributed by atoms with Crippen LogP contribution in [0.3, 0.4) is 0 Å². The van der Waals surface area contributed by atoms with Crippen molar-refractivity contribution >= 4 is 11.6 Å². The molecule has 0 saturated carbocycles. The lowest BCUT2D eigenvalue weighted by Crippen LogP contribution is -2.16. The Morgan fingerprint density at radius 3 is 2.68 bits per heavy atom. The summed E-state index contributed by atoms with van der Waals surface area (Å²) < 4.78 is 0. The molecule has 2 aromatic rings. The van der Waals surface area contributed by atoms with Gasteiger partial charge < -0.3 is 11.1 Å². The van der Waals surface area contributed by atoms with Gasteiger partial charge in [-0.3, -0.25) is 9.78 Å². The first kappa shape index (κ1) is 13.2. The molecule has 0 spiro atoms. The predicted octanol–water partition coefficient (Wildman–Crippen LogP) is 2.03. The third-order valence-electron chi connectivity index (χ3n) is 2.85. The minimum absolute atomic E-state index is 0.0618. The Bertz CT molecular complexity index is 581. The van der Waals surface area contributed by atoms with Gasteiger partial charge in [-0.05, 0) is 29.7 Å². The number of anilines is 1. The van der Waals surface area contributed by atoms with E-state index in [1.165, 1.54) is 0 Å². The van der Waals surface area contributed by atoms with Crippen molar-refractivity contribution in [2.45, 2.75) is 19.9 Å². The predicted molar refractivity (Wildman–Crippen MR) is 75.6 cm³/mol. The smallest absolute Gasteiger partial charge is 0.228 e. The molecule has 0 aliphatic rings. The number of amides is 1. The minimum atomic E-state index is -0.0618. The van der Waals surface area contributed by atoms with Crippen LogP contribution in [0.15, 0.2) is 42.7 Å². The summed E-state index contributed by atoms with van der Waals surface area (Å²) in [6, 6.07) is 9.59. The Hall–Kier alpha value is -2.20. The molecule has 1 amide bonds. The number of carbonyl (C=O) groups is 1. The van der Waals surface area contributed by atoms with E-state index in [-0.39, 0.29) is 5.91 Å². The zero-order valence-corrected chi connectivity index (χ0v) is 10.9. The molecule has 1 aromatic heterocycles. The number of pyridine rings is 1. The summed E-state index contributed by atoms with van der Waals surface area (Å²) in [6.07, 6.45) is 3.71. The van der Waals surface area contributed by atoms with Crippen LogP contribution in [0.25, 0.3) is 0 Å². The number of nitrogens with two attached hydrogens (primary N) is 1. The van der Waals surface area contributed by atoms with Gasteiger partial charge in [0.05, 0.1) is 18.3 Å². The maximum Gasteiger partial charge on any atom is 0.228 e. The molecule has 1 heterocycles. The van der Waals surface area contributed by atoms with Gasteiger partial charge in [-0.25, -0.2) is 0 Å². The van der Waals surface area contributed by atoms with Crippen LogP contribution in [0.1, 0.15) is 16.7 Å². The van der Waals surface area contributed by atoms with Crippen LogP contribution in [-0.4, -0.2) is 10.9 Å². The number of hydrogen-bond donors (Lipinski definition) is 2. The Balaban J connectivity index is 2.05. The highest BCUT2D eigenvalue weighted by Crippen LogP contribution is 2.11. The van der Waals surface area contributed by atoms with E-state index >= 15 is 0 Å². The average Bonchev–Trinajstić information content (AvgIpc) is 2.39. The van der Waals surface area contributed by atoms with E-state index in [4.69, 9.17) is 5.73 Å². The standard InChI is InChI=1S/C15H17N3O/c1-11-6-14(10-17-9-11)18-15(19)7-12-4-2-3-5-13(12)8-16/h2-6,9-10H,7-8,16H2,1H3,(H,18,19). The topological polar surface area (TPSA) is 68.0 Å². The first-order chi connectivity index (χ1) is 9.19. The summed E-state index contributed by atoms with van der Waals surface area (Å²) in [7, 11) is 0. The third-order valence-corrected chi connectivity index (χ3v) is 2.85. The van der Waals surface area contributed by atoms with E-state index < -0.39 is 0 Å². The van der Waals surface area contributed by atoms with E-state index in [9.17, 15) is 4.79 Å². The first-order valence-corrected chi connectivity index (χ1v) is 6.17. The molecule has 0 radical (unpaired) electrons. The van der Waals surface area contributed by atoms with Crippen molar-refractivity contribution in [3.05, 3.63) is 59.4 Å². The van der Waals surface area contributed by atoms with Crippen LogP contribution >= 0.6 is 0 Å². The lowest BCUT2D eigenvalue weighted by molar-refractivity contribution is -0.115. The number of nitrogens with one attached hydrogen (secondary N) is 1. The number of nitrogens with zero attached hydrogens (tertiary/aromatic N) is 1. The summed E-state index contributed by atoms with van der Waals surface area (Å²) in [6.45, 7) is 2.38. The summed E-state index contributed by atoms with van der Waals surface area (Å²) in [5.41, 5.74) is 9.35. The van der Waals surface area contributed by atoms with Crippen molar-refractivity contribution < 1.29 is 4.79 Å². The van der Waals surface area contributed by atoms with Gasteiger partial charge in [0.2, 0.25) is 5.91 Å². The fourth-order valence-corrected chi connectivity index (χ4v) is 1.93. The fourth-order valence-electron chi connectivity index (χ4n) is 1.93. The Kier molecular flexibility index (Phi) is 4.26. The average molecular weight is 255 g/mol. The van der Waals surface area contributed by atoms with Gasteiger partial charge in [0.25, 0.3) is 0 Å². The van der Waals surface area contributed by atoms with E-state index in [1.54, 1.807) is 12.4 Å². The van der Waals surface area contributed by atoms with Crippen molar-refractivity contribution in [3.63, 3.8) is 0 Å². The third kappa shape index (κ3) is 3.63. The fraction of sp³-hybridized carbons (Fsp3) is 0.200. The van der Waals surface area contributed by atoms with Crippen LogP contribution < -0.4 is 11.1 Å². The maximum atomic E-state index is 12.0. The molecule has 0 aliphatic heterocycles. The molecule has 0 aliphatic carbocycles. The van der Waals surface area contributed by atoms with Gasteiger partial charge in [-0.2, -0.15) is 0 Å². The van der Waals surface area contributed by atoms with E-state index in [0.29, 0.717) is 13.0 Å². The molecular weight excluding hydrogens is 238 g/mol. The van der Waals surface area contributed by atoms with Gasteiger partial charge in [0.1, 0.15) is 0 Å². The van der Waals surface area contributed by atoms with Crippen molar-refractivity contribution in [3.8, 4) is 0 Å². The molecule has 0 unspecified atom stereocenters. The molecule has 4 heteroatoms. The van der Waals surface area contributed by atoms with Gasteiger partial charge in [-0.1, -0.05) is 24.3 Å². The number of aromatic nitrogens is 1. The minimum Gasteiger partial charge on any atom is -0.326 e. The monoisotopic (exact) mass is 255 g/mol. The molecule has 0 bridgehead atoms. The second-order valence-corrected chi connectivity index (χ2v) is 4.45. The Morgan fingerprint density at radius 2 is 2.00 bits per heavy atom. The highest BCUT2D eigenvalue weighted by Gasteiger charge is 2.07. The summed E-state index contributed by atoms with van der Waals surface area (Å²) in [4.78, 5) is 16.0. The van der Waals surface area contributed by atoms with Crippen LogP contribution in [0.2, 0.25) is 0 Å². The van der Waals surface area contributed by atoms with Gasteiger partial charge in [0, 0.05) is 12.7 Å². The van der Waals surface area contributed by atoms with E-state index in [2.05, 4.69) is 10.3 Å². The first-order valence-electron chi connectivity index (χ1n) is 6.17. The quantitative estimate of drug-likeness (QED) is 0.878. The number of aryl methyl sites for hydroxylation is 1.